The van der Waals surface area contributed by atoms with Gasteiger partial charge < -0.3 is 4.74 Å². The van der Waals surface area contributed by atoms with Gasteiger partial charge in [-0.25, -0.2) is 0 Å². The van der Waals surface area contributed by atoms with Crippen molar-refractivity contribution in [3.8, 4) is 0 Å². The zero-order valence-corrected chi connectivity index (χ0v) is 16.1. The van der Waals surface area contributed by atoms with Crippen molar-refractivity contribution in [1.29, 1.82) is 0 Å². The van der Waals surface area contributed by atoms with Gasteiger partial charge in [0.25, 0.3) is 0 Å². The maximum Gasteiger partial charge on any atom is 0.133 e. The maximum atomic E-state index is 12.2. The fraction of sp³-hybridized carbons (Fsp3) is 0.955. The molecule has 0 aromatic rings. The van der Waals surface area contributed by atoms with Crippen molar-refractivity contribution in [1.82, 2.24) is 0 Å². The first kappa shape index (κ1) is 17.1. The Bertz CT molecular complexity index is 514. The molecule has 0 amide bonds. The molecule has 0 spiro atoms. The van der Waals surface area contributed by atoms with E-state index in [-0.39, 0.29) is 0 Å². The molecular weight excluding hydrogens is 296 g/mol. The number of fused-ring (bicyclic) bond motifs is 5. The van der Waals surface area contributed by atoms with E-state index in [1.165, 1.54) is 51.4 Å². The second-order valence-electron chi connectivity index (χ2n) is 10.1. The van der Waals surface area contributed by atoms with Gasteiger partial charge >= 0.3 is 0 Å². The zero-order valence-electron chi connectivity index (χ0n) is 16.1. The lowest BCUT2D eigenvalue weighted by Gasteiger charge is -2.61. The van der Waals surface area contributed by atoms with Crippen molar-refractivity contribution in [3.05, 3.63) is 0 Å². The molecular formula is C22H36O2. The van der Waals surface area contributed by atoms with Crippen molar-refractivity contribution in [3.63, 3.8) is 0 Å². The van der Waals surface area contributed by atoms with Crippen LogP contribution < -0.4 is 0 Å². The molecule has 136 valence electrons. The van der Waals surface area contributed by atoms with Crippen molar-refractivity contribution >= 4 is 5.78 Å². The van der Waals surface area contributed by atoms with Crippen LogP contribution in [-0.2, 0) is 9.53 Å². The summed E-state index contributed by atoms with van der Waals surface area (Å²) >= 11 is 0. The summed E-state index contributed by atoms with van der Waals surface area (Å²) in [5, 5.41) is 0. The number of carbonyl (C=O) groups excluding carboxylic acids is 1. The summed E-state index contributed by atoms with van der Waals surface area (Å²) in [7, 11) is 1.90. The van der Waals surface area contributed by atoms with Crippen LogP contribution in [0.25, 0.3) is 0 Å². The van der Waals surface area contributed by atoms with Crippen LogP contribution in [0.15, 0.2) is 0 Å². The summed E-state index contributed by atoms with van der Waals surface area (Å²) in [4.78, 5) is 12.2. The summed E-state index contributed by atoms with van der Waals surface area (Å²) in [5.74, 6) is 4.25. The molecule has 0 aromatic carbocycles. The van der Waals surface area contributed by atoms with E-state index < -0.39 is 0 Å². The summed E-state index contributed by atoms with van der Waals surface area (Å²) in [6.07, 6.45) is 12.3. The van der Waals surface area contributed by atoms with Crippen LogP contribution in [0, 0.1) is 40.4 Å². The molecule has 8 unspecified atom stereocenters. The molecule has 4 rings (SSSR count). The Morgan fingerprint density at radius 3 is 2.33 bits per heavy atom. The van der Waals surface area contributed by atoms with Gasteiger partial charge in [0.1, 0.15) is 5.78 Å². The number of carbonyl (C=O) groups is 1. The highest BCUT2D eigenvalue weighted by Crippen LogP contribution is 2.67. The van der Waals surface area contributed by atoms with Gasteiger partial charge in [-0.15, -0.1) is 0 Å². The lowest BCUT2D eigenvalue weighted by atomic mass is 9.44. The third-order valence-corrected chi connectivity index (χ3v) is 9.39. The Balaban J connectivity index is 1.61. The largest absolute Gasteiger partial charge is 0.381 e. The van der Waals surface area contributed by atoms with E-state index in [2.05, 4.69) is 13.8 Å². The first-order chi connectivity index (χ1) is 11.4. The van der Waals surface area contributed by atoms with Crippen molar-refractivity contribution in [2.24, 2.45) is 40.4 Å². The number of methoxy groups -OCH3 is 1. The molecule has 8 atom stereocenters. The van der Waals surface area contributed by atoms with Crippen LogP contribution in [0.4, 0.5) is 0 Å². The number of Topliss-reactive ketones (excluding diaryl/α,β-unsaturated/α-hetero) is 1. The van der Waals surface area contributed by atoms with E-state index in [1.54, 1.807) is 0 Å². The molecule has 4 aliphatic carbocycles. The van der Waals surface area contributed by atoms with E-state index >= 15 is 0 Å². The Labute approximate surface area is 148 Å². The first-order valence-electron chi connectivity index (χ1n) is 10.4. The Hall–Kier alpha value is -0.370. The minimum absolute atomic E-state index is 0.297. The number of hydrogen-bond acceptors (Lipinski definition) is 2. The monoisotopic (exact) mass is 332 g/mol. The highest BCUT2D eigenvalue weighted by Gasteiger charge is 2.60. The number of rotatable bonds is 2. The van der Waals surface area contributed by atoms with E-state index in [4.69, 9.17) is 4.74 Å². The molecule has 0 saturated heterocycles. The van der Waals surface area contributed by atoms with Crippen LogP contribution in [0.2, 0.25) is 0 Å². The van der Waals surface area contributed by atoms with Crippen molar-refractivity contribution < 1.29 is 9.53 Å². The first-order valence-corrected chi connectivity index (χ1v) is 10.4. The summed E-state index contributed by atoms with van der Waals surface area (Å²) in [5.41, 5.74) is 0.781. The van der Waals surface area contributed by atoms with Crippen molar-refractivity contribution in [2.75, 3.05) is 7.11 Å². The molecule has 2 heteroatoms. The summed E-state index contributed by atoms with van der Waals surface area (Å²) < 4.78 is 5.80. The second kappa shape index (κ2) is 5.83. The smallest absolute Gasteiger partial charge is 0.133 e. The number of ether oxygens (including phenoxy) is 1. The minimum atomic E-state index is 0.297. The van der Waals surface area contributed by atoms with Crippen molar-refractivity contribution in [2.45, 2.75) is 84.7 Å². The molecule has 4 aliphatic rings. The third kappa shape index (κ3) is 2.27. The zero-order chi connectivity index (χ0) is 17.1. The van der Waals surface area contributed by atoms with E-state index in [0.717, 1.165) is 30.1 Å². The van der Waals surface area contributed by atoms with Gasteiger partial charge in [0.05, 0.1) is 6.10 Å². The van der Waals surface area contributed by atoms with Crippen LogP contribution in [-0.4, -0.2) is 19.0 Å². The van der Waals surface area contributed by atoms with E-state index in [0.29, 0.717) is 28.6 Å². The molecule has 4 saturated carbocycles. The molecule has 0 radical (unpaired) electrons. The van der Waals surface area contributed by atoms with E-state index in [9.17, 15) is 4.79 Å². The minimum Gasteiger partial charge on any atom is -0.381 e. The number of hydrogen-bond donors (Lipinski definition) is 0. The molecule has 24 heavy (non-hydrogen) atoms. The lowest BCUT2D eigenvalue weighted by molar-refractivity contribution is -0.142. The van der Waals surface area contributed by atoms with Crippen LogP contribution in [0.5, 0.6) is 0 Å². The molecule has 2 nitrogen and oxygen atoms in total. The molecule has 0 heterocycles. The fourth-order valence-corrected chi connectivity index (χ4v) is 8.18. The highest BCUT2D eigenvalue weighted by molar-refractivity contribution is 5.79. The van der Waals surface area contributed by atoms with Crippen LogP contribution >= 0.6 is 0 Å². The Kier molecular flexibility index (Phi) is 4.14. The third-order valence-electron chi connectivity index (χ3n) is 9.39. The van der Waals surface area contributed by atoms with E-state index in [1.807, 2.05) is 14.0 Å². The summed E-state index contributed by atoms with van der Waals surface area (Å²) in [6, 6.07) is 0. The molecule has 0 aromatic heterocycles. The van der Waals surface area contributed by atoms with Gasteiger partial charge in [-0.05, 0) is 99.2 Å². The summed E-state index contributed by atoms with van der Waals surface area (Å²) in [6.45, 7) is 6.90. The average molecular weight is 333 g/mol. The van der Waals surface area contributed by atoms with Crippen LogP contribution in [0.1, 0.15) is 78.6 Å². The predicted octanol–water partition coefficient (Wildman–Crippen LogP) is 5.25. The SMILES string of the molecule is COC1CCC2CCC3C(CCC4(C)C(C(C)=O)CCC34)C2(C)C1. The molecule has 4 fully saturated rings. The number of ketones is 1. The molecule has 0 N–H and O–H groups in total. The fourth-order valence-electron chi connectivity index (χ4n) is 8.18. The van der Waals surface area contributed by atoms with Gasteiger partial charge in [-0.2, -0.15) is 0 Å². The lowest BCUT2D eigenvalue weighted by Crippen LogP contribution is -2.54. The normalized spacial score (nSPS) is 53.8. The van der Waals surface area contributed by atoms with Gasteiger partial charge in [-0.1, -0.05) is 13.8 Å². The van der Waals surface area contributed by atoms with Crippen LogP contribution in [0.3, 0.4) is 0 Å². The average Bonchev–Trinajstić information content (AvgIpc) is 2.91. The van der Waals surface area contributed by atoms with Gasteiger partial charge in [-0.3, -0.25) is 4.79 Å². The highest BCUT2D eigenvalue weighted by atomic mass is 16.5. The molecule has 0 bridgehead atoms. The Morgan fingerprint density at radius 1 is 0.917 bits per heavy atom. The maximum absolute atomic E-state index is 12.2. The predicted molar refractivity (Wildman–Crippen MR) is 96.7 cm³/mol. The Morgan fingerprint density at radius 2 is 1.62 bits per heavy atom. The second-order valence-corrected chi connectivity index (χ2v) is 10.1. The molecule has 0 aliphatic heterocycles. The van der Waals surface area contributed by atoms with Gasteiger partial charge in [0.15, 0.2) is 0 Å². The quantitative estimate of drug-likeness (QED) is 0.690. The topological polar surface area (TPSA) is 26.3 Å². The standard InChI is InChI=1S/C22H36O2/c1-14(23)18-9-10-19-17-8-6-15-5-7-16(24-4)13-22(15,3)20(17)11-12-21(18,19)2/h15-20H,5-13H2,1-4H3. The van der Waals surface area contributed by atoms with Gasteiger partial charge in [0, 0.05) is 13.0 Å². The van der Waals surface area contributed by atoms with Gasteiger partial charge in [0.2, 0.25) is 0 Å².